The minimum Gasteiger partial charge on any atom is -0.465 e. The Morgan fingerprint density at radius 1 is 1.09 bits per heavy atom. The van der Waals surface area contributed by atoms with Crippen molar-refractivity contribution in [3.05, 3.63) is 22.8 Å². The predicted octanol–water partition coefficient (Wildman–Crippen LogP) is 3.41. The van der Waals surface area contributed by atoms with Gasteiger partial charge in [-0.2, -0.15) is 0 Å². The van der Waals surface area contributed by atoms with Gasteiger partial charge in [0.1, 0.15) is 0 Å². The van der Waals surface area contributed by atoms with Crippen LogP contribution < -0.4 is 0 Å². The van der Waals surface area contributed by atoms with E-state index in [0.717, 1.165) is 0 Å². The molecule has 0 aromatic rings. The van der Waals surface area contributed by atoms with E-state index in [-0.39, 0.29) is 24.1 Å². The molecule has 0 aromatic carbocycles. The van der Waals surface area contributed by atoms with Crippen molar-refractivity contribution < 1.29 is 19.1 Å². The monoisotopic (exact) mass is 306 g/mol. The van der Waals surface area contributed by atoms with E-state index in [2.05, 4.69) is 0 Å². The molecule has 0 fully saturated rings. The number of allylic oxidation sites excluding steroid dienone is 4. The summed E-state index contributed by atoms with van der Waals surface area (Å²) < 4.78 is 5.28. The van der Waals surface area contributed by atoms with Crippen molar-refractivity contribution >= 4 is 17.5 Å². The van der Waals surface area contributed by atoms with E-state index in [4.69, 9.17) is 4.74 Å². The van der Waals surface area contributed by atoms with Crippen LogP contribution in [-0.2, 0) is 19.1 Å². The second kappa shape index (κ2) is 6.19. The van der Waals surface area contributed by atoms with E-state index in [1.807, 2.05) is 13.8 Å². The van der Waals surface area contributed by atoms with E-state index >= 15 is 0 Å². The third-order valence-electron chi connectivity index (χ3n) is 3.92. The van der Waals surface area contributed by atoms with Crippen LogP contribution in [0.3, 0.4) is 0 Å². The summed E-state index contributed by atoms with van der Waals surface area (Å²) in [4.78, 5) is 36.1. The molecule has 4 nitrogen and oxygen atoms in total. The van der Waals surface area contributed by atoms with Crippen molar-refractivity contribution in [2.24, 2.45) is 10.8 Å². The molecule has 122 valence electrons. The zero-order valence-corrected chi connectivity index (χ0v) is 14.6. The Kier molecular flexibility index (Phi) is 5.16. The number of carbonyl (C=O) groups excluding carboxylic acids is 3. The molecule has 0 radical (unpaired) electrons. The van der Waals surface area contributed by atoms with Crippen LogP contribution in [0.5, 0.6) is 0 Å². The SMILES string of the molecule is CC1=CC(=O)C(C(C)(C)CCOC(=O)C(C)(C)C)=C(C)C1=O. The van der Waals surface area contributed by atoms with Gasteiger partial charge >= 0.3 is 5.97 Å². The van der Waals surface area contributed by atoms with Gasteiger partial charge in [-0.05, 0) is 52.5 Å². The van der Waals surface area contributed by atoms with Gasteiger partial charge in [0.05, 0.1) is 12.0 Å². The maximum atomic E-state index is 12.3. The predicted molar refractivity (Wildman–Crippen MR) is 85.3 cm³/mol. The van der Waals surface area contributed by atoms with E-state index in [0.29, 0.717) is 23.1 Å². The average molecular weight is 306 g/mol. The number of ether oxygens (including phenoxy) is 1. The summed E-state index contributed by atoms with van der Waals surface area (Å²) >= 11 is 0. The van der Waals surface area contributed by atoms with Crippen LogP contribution >= 0.6 is 0 Å². The second-order valence-corrected chi connectivity index (χ2v) is 7.54. The van der Waals surface area contributed by atoms with Gasteiger partial charge in [0.2, 0.25) is 0 Å². The lowest BCUT2D eigenvalue weighted by Gasteiger charge is -2.30. The van der Waals surface area contributed by atoms with Crippen LogP contribution in [0.15, 0.2) is 22.8 Å². The molecule has 0 heterocycles. The molecule has 0 spiro atoms. The molecule has 4 heteroatoms. The van der Waals surface area contributed by atoms with Crippen molar-refractivity contribution in [3.8, 4) is 0 Å². The van der Waals surface area contributed by atoms with E-state index in [9.17, 15) is 14.4 Å². The minimum absolute atomic E-state index is 0.0886. The van der Waals surface area contributed by atoms with Crippen LogP contribution in [0.2, 0.25) is 0 Å². The summed E-state index contributed by atoms with van der Waals surface area (Å²) in [7, 11) is 0. The summed E-state index contributed by atoms with van der Waals surface area (Å²) in [5, 5.41) is 0. The lowest BCUT2D eigenvalue weighted by molar-refractivity contribution is -0.153. The Hall–Kier alpha value is -1.71. The summed E-state index contributed by atoms with van der Waals surface area (Å²) in [6.07, 6.45) is 1.89. The van der Waals surface area contributed by atoms with Crippen LogP contribution in [0, 0.1) is 10.8 Å². The van der Waals surface area contributed by atoms with Crippen molar-refractivity contribution in [3.63, 3.8) is 0 Å². The van der Waals surface area contributed by atoms with Gasteiger partial charge in [-0.1, -0.05) is 13.8 Å². The van der Waals surface area contributed by atoms with Gasteiger partial charge in [-0.25, -0.2) is 0 Å². The summed E-state index contributed by atoms with van der Waals surface area (Å²) in [5.74, 6) is -0.480. The first-order valence-corrected chi connectivity index (χ1v) is 7.54. The normalized spacial score (nSPS) is 16.8. The lowest BCUT2D eigenvalue weighted by Crippen LogP contribution is -2.30. The molecule has 0 N–H and O–H groups in total. The Labute approximate surface area is 132 Å². The standard InChI is InChI=1S/C18H26O4/c1-11-10-13(19)14(12(2)15(11)20)18(6,7)8-9-22-16(21)17(3,4)5/h10H,8-9H2,1-7H3. The third-order valence-corrected chi connectivity index (χ3v) is 3.92. The number of rotatable bonds is 4. The van der Waals surface area contributed by atoms with Crippen LogP contribution in [0.4, 0.5) is 0 Å². The molecule has 0 aromatic heterocycles. The maximum Gasteiger partial charge on any atom is 0.311 e. The van der Waals surface area contributed by atoms with Crippen molar-refractivity contribution in [1.82, 2.24) is 0 Å². The highest BCUT2D eigenvalue weighted by molar-refractivity contribution is 6.22. The van der Waals surface area contributed by atoms with E-state index in [1.54, 1.807) is 34.6 Å². The number of ketones is 2. The zero-order chi connectivity index (χ0) is 17.3. The lowest BCUT2D eigenvalue weighted by atomic mass is 9.73. The quantitative estimate of drug-likeness (QED) is 0.590. The zero-order valence-electron chi connectivity index (χ0n) is 14.6. The van der Waals surface area contributed by atoms with Crippen molar-refractivity contribution in [2.45, 2.75) is 54.9 Å². The molecular weight excluding hydrogens is 280 g/mol. The molecule has 0 saturated carbocycles. The number of hydrogen-bond acceptors (Lipinski definition) is 4. The van der Waals surface area contributed by atoms with Crippen molar-refractivity contribution in [1.29, 1.82) is 0 Å². The molecule has 0 unspecified atom stereocenters. The Bertz CT molecular complexity index is 568. The van der Waals surface area contributed by atoms with Gasteiger partial charge in [-0.3, -0.25) is 14.4 Å². The van der Waals surface area contributed by atoms with E-state index < -0.39 is 10.8 Å². The average Bonchev–Trinajstić information content (AvgIpc) is 2.34. The first-order chi connectivity index (χ1) is 9.88. The first-order valence-electron chi connectivity index (χ1n) is 7.54. The van der Waals surface area contributed by atoms with E-state index in [1.165, 1.54) is 6.08 Å². The summed E-state index contributed by atoms with van der Waals surface area (Å²) in [6.45, 7) is 12.8. The van der Waals surface area contributed by atoms with Crippen molar-refractivity contribution in [2.75, 3.05) is 6.61 Å². The summed E-state index contributed by atoms with van der Waals surface area (Å²) in [6, 6.07) is 0. The van der Waals surface area contributed by atoms with Crippen LogP contribution in [0.25, 0.3) is 0 Å². The molecule has 0 bridgehead atoms. The Balaban J connectivity index is 2.85. The summed E-state index contributed by atoms with van der Waals surface area (Å²) in [5.41, 5.74) is 0.426. The highest BCUT2D eigenvalue weighted by Gasteiger charge is 2.34. The fourth-order valence-corrected chi connectivity index (χ4v) is 2.51. The third kappa shape index (κ3) is 3.93. The van der Waals surface area contributed by atoms with Crippen LogP contribution in [0.1, 0.15) is 54.9 Å². The molecule has 1 aliphatic rings. The van der Waals surface area contributed by atoms with Gasteiger partial charge in [0.15, 0.2) is 11.6 Å². The fourth-order valence-electron chi connectivity index (χ4n) is 2.51. The highest BCUT2D eigenvalue weighted by atomic mass is 16.5. The van der Waals surface area contributed by atoms with Gasteiger partial charge in [0, 0.05) is 16.7 Å². The molecule has 0 saturated heterocycles. The Morgan fingerprint density at radius 3 is 2.14 bits per heavy atom. The smallest absolute Gasteiger partial charge is 0.311 e. The number of carbonyl (C=O) groups is 3. The fraction of sp³-hybridized carbons (Fsp3) is 0.611. The van der Waals surface area contributed by atoms with Gasteiger partial charge < -0.3 is 4.74 Å². The van der Waals surface area contributed by atoms with Gasteiger partial charge in [0.25, 0.3) is 0 Å². The first kappa shape index (κ1) is 18.3. The molecule has 1 aliphatic carbocycles. The Morgan fingerprint density at radius 2 is 1.64 bits per heavy atom. The molecule has 0 amide bonds. The molecule has 0 atom stereocenters. The highest BCUT2D eigenvalue weighted by Crippen LogP contribution is 2.36. The molecule has 0 aliphatic heterocycles. The molecular formula is C18H26O4. The second-order valence-electron chi connectivity index (χ2n) is 7.54. The van der Waals surface area contributed by atoms with Gasteiger partial charge in [-0.15, -0.1) is 0 Å². The topological polar surface area (TPSA) is 60.4 Å². The molecule has 22 heavy (non-hydrogen) atoms. The minimum atomic E-state index is -0.546. The maximum absolute atomic E-state index is 12.3. The largest absolute Gasteiger partial charge is 0.465 e. The number of esters is 1. The number of Topliss-reactive ketones (excluding diaryl/α,β-unsaturated/α-hetero) is 1. The van der Waals surface area contributed by atoms with Crippen LogP contribution in [-0.4, -0.2) is 24.1 Å². The number of hydrogen-bond donors (Lipinski definition) is 0. The molecule has 1 rings (SSSR count).